The van der Waals surface area contributed by atoms with Gasteiger partial charge in [-0.2, -0.15) is 0 Å². The van der Waals surface area contributed by atoms with Gasteiger partial charge in [0.1, 0.15) is 0 Å². The Bertz CT molecular complexity index is 597. The van der Waals surface area contributed by atoms with Crippen LogP contribution in [0.2, 0.25) is 0 Å². The molecule has 0 saturated heterocycles. The van der Waals surface area contributed by atoms with Crippen LogP contribution >= 0.6 is 0 Å². The molecule has 0 bridgehead atoms. The summed E-state index contributed by atoms with van der Waals surface area (Å²) in [6.07, 6.45) is 0.637. The minimum Gasteiger partial charge on any atom is -0.478 e. The molecule has 1 aromatic carbocycles. The van der Waals surface area contributed by atoms with E-state index in [1.54, 1.807) is 19.9 Å². The molecule has 4 nitrogen and oxygen atoms in total. The maximum Gasteiger partial charge on any atom is 0.336 e. The molecule has 0 aliphatic rings. The Morgan fingerprint density at radius 2 is 1.55 bits per heavy atom. The summed E-state index contributed by atoms with van der Waals surface area (Å²) in [6, 6.07) is 2.99. The molecule has 0 radical (unpaired) electrons. The zero-order valence-electron chi connectivity index (χ0n) is 11.7. The van der Waals surface area contributed by atoms with E-state index in [4.69, 9.17) is 0 Å². The third-order valence-electron chi connectivity index (χ3n) is 2.81. The lowest BCUT2D eigenvalue weighted by molar-refractivity contribution is 0.0695. The number of hydrogen-bond donors (Lipinski definition) is 2. The van der Waals surface area contributed by atoms with Crippen LogP contribution in [0.4, 0.5) is 0 Å². The van der Waals surface area contributed by atoms with Crippen molar-refractivity contribution in [1.29, 1.82) is 0 Å². The van der Waals surface area contributed by atoms with Gasteiger partial charge in [-0.15, -0.1) is 0 Å². The first-order chi connectivity index (χ1) is 9.23. The number of carboxylic acid groups (broad SMARTS) is 2. The van der Waals surface area contributed by atoms with Crippen molar-refractivity contribution in [2.75, 3.05) is 0 Å². The summed E-state index contributed by atoms with van der Waals surface area (Å²) in [5.74, 6) is -2.26. The van der Waals surface area contributed by atoms with Crippen LogP contribution in [-0.4, -0.2) is 22.2 Å². The number of carbonyl (C=O) groups is 2. The number of allylic oxidation sites excluding steroid dienone is 2. The molecule has 20 heavy (non-hydrogen) atoms. The molecule has 0 aliphatic carbocycles. The second-order valence-corrected chi connectivity index (χ2v) is 5.00. The number of aromatic carboxylic acids is 2. The van der Waals surface area contributed by atoms with E-state index in [0.717, 1.165) is 5.57 Å². The molecule has 0 amide bonds. The molecule has 0 aromatic heterocycles. The lowest BCUT2D eigenvalue weighted by atomic mass is 9.89. The van der Waals surface area contributed by atoms with Gasteiger partial charge in [-0.3, -0.25) is 0 Å². The normalized spacial score (nSPS) is 10.1. The summed E-state index contributed by atoms with van der Waals surface area (Å²) >= 11 is 0. The van der Waals surface area contributed by atoms with Crippen molar-refractivity contribution in [3.63, 3.8) is 0 Å². The maximum atomic E-state index is 11.5. The Balaban J connectivity index is 3.59. The minimum atomic E-state index is -1.13. The van der Waals surface area contributed by atoms with E-state index in [1.165, 1.54) is 6.07 Å². The molecule has 0 saturated carbocycles. The van der Waals surface area contributed by atoms with Gasteiger partial charge in [-0.1, -0.05) is 30.4 Å². The molecule has 2 N–H and O–H groups in total. The van der Waals surface area contributed by atoms with E-state index in [0.29, 0.717) is 23.1 Å². The summed E-state index contributed by atoms with van der Waals surface area (Å²) in [4.78, 5) is 22.8. The Hall–Kier alpha value is -2.36. The largest absolute Gasteiger partial charge is 0.478 e. The highest BCUT2D eigenvalue weighted by Gasteiger charge is 2.22. The van der Waals surface area contributed by atoms with Gasteiger partial charge in [-0.25, -0.2) is 9.59 Å². The Labute approximate surface area is 118 Å². The van der Waals surface area contributed by atoms with E-state index in [9.17, 15) is 19.8 Å². The fourth-order valence-corrected chi connectivity index (χ4v) is 2.12. The monoisotopic (exact) mass is 274 g/mol. The van der Waals surface area contributed by atoms with Crippen LogP contribution < -0.4 is 0 Å². The van der Waals surface area contributed by atoms with Crippen molar-refractivity contribution in [2.24, 2.45) is 0 Å². The van der Waals surface area contributed by atoms with Gasteiger partial charge in [0.25, 0.3) is 0 Å². The smallest absolute Gasteiger partial charge is 0.336 e. The summed E-state index contributed by atoms with van der Waals surface area (Å²) in [6.45, 7) is 11.1. The highest BCUT2D eigenvalue weighted by Crippen LogP contribution is 2.24. The first-order valence-corrected chi connectivity index (χ1v) is 6.14. The van der Waals surface area contributed by atoms with Crippen LogP contribution in [-0.2, 0) is 12.8 Å². The van der Waals surface area contributed by atoms with E-state index < -0.39 is 11.9 Å². The highest BCUT2D eigenvalue weighted by molar-refractivity contribution is 5.98. The third kappa shape index (κ3) is 3.57. The number of rotatable bonds is 6. The molecule has 0 heterocycles. The Morgan fingerprint density at radius 3 is 1.95 bits per heavy atom. The zero-order chi connectivity index (χ0) is 15.4. The highest BCUT2D eigenvalue weighted by atomic mass is 16.4. The standard InChI is InChI=1S/C16H18O4/c1-9(2)7-11-5-6-12(15(17)18)13(8-10(3)4)14(11)16(19)20/h5-6H,1,3,7-8H2,2,4H3,(H,17,18)(H,19,20). The molecule has 0 fully saturated rings. The quantitative estimate of drug-likeness (QED) is 0.780. The van der Waals surface area contributed by atoms with Gasteiger partial charge in [0.05, 0.1) is 11.1 Å². The van der Waals surface area contributed by atoms with Crippen LogP contribution in [0.5, 0.6) is 0 Å². The van der Waals surface area contributed by atoms with Crippen LogP contribution in [0.15, 0.2) is 36.4 Å². The van der Waals surface area contributed by atoms with Gasteiger partial charge < -0.3 is 10.2 Å². The van der Waals surface area contributed by atoms with Gasteiger partial charge in [-0.05, 0) is 43.9 Å². The average Bonchev–Trinajstić information content (AvgIpc) is 2.26. The molecule has 0 atom stereocenters. The van der Waals surface area contributed by atoms with Crippen molar-refractivity contribution < 1.29 is 19.8 Å². The maximum absolute atomic E-state index is 11.5. The molecule has 4 heteroatoms. The summed E-state index contributed by atoms with van der Waals surface area (Å²) in [5.41, 5.74) is 2.47. The van der Waals surface area contributed by atoms with Crippen molar-refractivity contribution >= 4 is 11.9 Å². The number of carboxylic acids is 2. The minimum absolute atomic E-state index is 0.0101. The lowest BCUT2D eigenvalue weighted by Gasteiger charge is -2.14. The lowest BCUT2D eigenvalue weighted by Crippen LogP contribution is -2.13. The number of benzene rings is 1. The van der Waals surface area contributed by atoms with Gasteiger partial charge in [0, 0.05) is 0 Å². The molecular formula is C16H18O4. The van der Waals surface area contributed by atoms with Gasteiger partial charge in [0.2, 0.25) is 0 Å². The van der Waals surface area contributed by atoms with Crippen molar-refractivity contribution in [1.82, 2.24) is 0 Å². The van der Waals surface area contributed by atoms with Crippen LogP contribution in [0, 0.1) is 0 Å². The fourth-order valence-electron chi connectivity index (χ4n) is 2.12. The molecule has 0 aliphatic heterocycles. The van der Waals surface area contributed by atoms with E-state index in [1.807, 2.05) is 0 Å². The van der Waals surface area contributed by atoms with E-state index >= 15 is 0 Å². The van der Waals surface area contributed by atoms with Crippen molar-refractivity contribution in [2.45, 2.75) is 26.7 Å². The van der Waals surface area contributed by atoms with Crippen LogP contribution in [0.3, 0.4) is 0 Å². The van der Waals surface area contributed by atoms with Crippen molar-refractivity contribution in [3.8, 4) is 0 Å². The zero-order valence-corrected chi connectivity index (χ0v) is 11.7. The predicted octanol–water partition coefficient (Wildman–Crippen LogP) is 3.32. The second-order valence-electron chi connectivity index (χ2n) is 5.00. The summed E-state index contributed by atoms with van der Waals surface area (Å²) in [7, 11) is 0. The molecular weight excluding hydrogens is 256 g/mol. The first-order valence-electron chi connectivity index (χ1n) is 6.14. The molecule has 0 spiro atoms. The summed E-state index contributed by atoms with van der Waals surface area (Å²) in [5, 5.41) is 18.6. The molecule has 0 unspecified atom stereocenters. The van der Waals surface area contributed by atoms with Crippen LogP contribution in [0.25, 0.3) is 0 Å². The third-order valence-corrected chi connectivity index (χ3v) is 2.81. The van der Waals surface area contributed by atoms with E-state index in [-0.39, 0.29) is 17.5 Å². The molecule has 1 rings (SSSR count). The van der Waals surface area contributed by atoms with Gasteiger partial charge >= 0.3 is 11.9 Å². The molecule has 106 valence electrons. The summed E-state index contributed by atoms with van der Waals surface area (Å²) < 4.78 is 0. The predicted molar refractivity (Wildman–Crippen MR) is 77.4 cm³/mol. The Morgan fingerprint density at radius 1 is 1.00 bits per heavy atom. The first kappa shape index (κ1) is 15.7. The second kappa shape index (κ2) is 6.19. The molecule has 1 aromatic rings. The van der Waals surface area contributed by atoms with Gasteiger partial charge in [0.15, 0.2) is 0 Å². The topological polar surface area (TPSA) is 74.6 Å². The average molecular weight is 274 g/mol. The van der Waals surface area contributed by atoms with Crippen LogP contribution in [0.1, 0.15) is 45.7 Å². The SMILES string of the molecule is C=C(C)Cc1ccc(C(=O)O)c(CC(=C)C)c1C(=O)O. The van der Waals surface area contributed by atoms with E-state index in [2.05, 4.69) is 13.2 Å². The fraction of sp³-hybridized carbons (Fsp3) is 0.250. The number of hydrogen-bond acceptors (Lipinski definition) is 2. The Kier molecular flexibility index (Phi) is 4.86. The van der Waals surface area contributed by atoms with Crippen molar-refractivity contribution in [3.05, 3.63) is 58.7 Å².